The Morgan fingerprint density at radius 1 is 1.33 bits per heavy atom. The third-order valence-electron chi connectivity index (χ3n) is 3.81. The van der Waals surface area contributed by atoms with Crippen molar-refractivity contribution in [2.75, 3.05) is 26.7 Å². The highest BCUT2D eigenvalue weighted by Crippen LogP contribution is 2.29. The van der Waals surface area contributed by atoms with Crippen LogP contribution in [-0.2, 0) is 9.59 Å². The number of aliphatic carboxylic acids is 1. The van der Waals surface area contributed by atoms with Gasteiger partial charge in [-0.1, -0.05) is 12.8 Å². The van der Waals surface area contributed by atoms with Crippen LogP contribution in [0.5, 0.6) is 0 Å². The van der Waals surface area contributed by atoms with Crippen molar-refractivity contribution in [3.05, 3.63) is 0 Å². The van der Waals surface area contributed by atoms with Gasteiger partial charge in [0.25, 0.3) is 0 Å². The smallest absolute Gasteiger partial charge is 0.306 e. The van der Waals surface area contributed by atoms with Gasteiger partial charge in [-0.3, -0.25) is 9.59 Å². The monoisotopic (exact) mass is 256 g/mol. The molecule has 0 aromatic heterocycles. The maximum absolute atomic E-state index is 11.6. The molecule has 5 nitrogen and oxygen atoms in total. The number of hydrogen-bond donors (Lipinski definition) is 2. The average molecular weight is 256 g/mol. The molecule has 2 atom stereocenters. The first-order chi connectivity index (χ1) is 8.56. The summed E-state index contributed by atoms with van der Waals surface area (Å²) in [6.07, 6.45) is 3.82. The van der Waals surface area contributed by atoms with Gasteiger partial charge in [0.2, 0.25) is 5.91 Å². The second-order valence-electron chi connectivity index (χ2n) is 5.03. The van der Waals surface area contributed by atoms with Crippen molar-refractivity contribution in [1.29, 1.82) is 0 Å². The van der Waals surface area contributed by atoms with Crippen LogP contribution in [0.25, 0.3) is 0 Å². The van der Waals surface area contributed by atoms with E-state index in [1.54, 1.807) is 11.9 Å². The molecule has 0 aromatic rings. The first-order valence-corrected chi connectivity index (χ1v) is 6.73. The molecule has 1 aliphatic carbocycles. The third kappa shape index (κ3) is 4.29. The van der Waals surface area contributed by atoms with Gasteiger partial charge >= 0.3 is 5.97 Å². The highest BCUT2D eigenvalue weighted by molar-refractivity contribution is 5.77. The van der Waals surface area contributed by atoms with E-state index >= 15 is 0 Å². The Balaban J connectivity index is 2.32. The molecule has 1 rings (SSSR count). The Bertz CT molecular complexity index is 294. The summed E-state index contributed by atoms with van der Waals surface area (Å²) in [4.78, 5) is 24.3. The summed E-state index contributed by atoms with van der Waals surface area (Å²) in [6.45, 7) is 3.55. The third-order valence-corrected chi connectivity index (χ3v) is 3.81. The van der Waals surface area contributed by atoms with Crippen LogP contribution >= 0.6 is 0 Å². The van der Waals surface area contributed by atoms with Gasteiger partial charge in [-0.2, -0.15) is 0 Å². The first kappa shape index (κ1) is 15.0. The summed E-state index contributed by atoms with van der Waals surface area (Å²) >= 11 is 0. The molecule has 1 amide bonds. The van der Waals surface area contributed by atoms with Gasteiger partial charge in [-0.15, -0.1) is 0 Å². The van der Waals surface area contributed by atoms with Crippen LogP contribution in [0, 0.1) is 11.8 Å². The number of nitrogens with one attached hydrogen (secondary N) is 1. The Morgan fingerprint density at radius 3 is 2.61 bits per heavy atom. The largest absolute Gasteiger partial charge is 0.481 e. The number of amides is 1. The zero-order chi connectivity index (χ0) is 13.5. The Hall–Kier alpha value is -1.10. The minimum Gasteiger partial charge on any atom is -0.481 e. The highest BCUT2D eigenvalue weighted by atomic mass is 16.4. The molecule has 0 aliphatic heterocycles. The van der Waals surface area contributed by atoms with E-state index in [2.05, 4.69) is 5.32 Å². The molecular weight excluding hydrogens is 232 g/mol. The molecule has 0 saturated heterocycles. The van der Waals surface area contributed by atoms with Gasteiger partial charge in [0.1, 0.15) is 0 Å². The fraction of sp³-hybridized carbons (Fsp3) is 0.846. The molecule has 2 N–H and O–H groups in total. The summed E-state index contributed by atoms with van der Waals surface area (Å²) in [7, 11) is 1.77. The molecule has 0 spiro atoms. The fourth-order valence-electron chi connectivity index (χ4n) is 2.45. The van der Waals surface area contributed by atoms with Crippen molar-refractivity contribution >= 4 is 11.9 Å². The lowest BCUT2D eigenvalue weighted by Gasteiger charge is -2.28. The maximum atomic E-state index is 11.6. The van der Waals surface area contributed by atoms with Crippen LogP contribution in [0.1, 0.15) is 32.6 Å². The molecule has 1 fully saturated rings. The SMILES string of the molecule is CCN(C)C(=O)CNCC1CCCCC1C(=O)O. The van der Waals surface area contributed by atoms with E-state index in [1.165, 1.54) is 0 Å². The first-order valence-electron chi connectivity index (χ1n) is 6.73. The van der Waals surface area contributed by atoms with Gasteiger partial charge in [0.05, 0.1) is 12.5 Å². The minimum absolute atomic E-state index is 0.0557. The van der Waals surface area contributed by atoms with Crippen molar-refractivity contribution < 1.29 is 14.7 Å². The van der Waals surface area contributed by atoms with Crippen molar-refractivity contribution in [3.63, 3.8) is 0 Å². The quantitative estimate of drug-likeness (QED) is 0.742. The number of nitrogens with zero attached hydrogens (tertiary/aromatic N) is 1. The van der Waals surface area contributed by atoms with Gasteiger partial charge < -0.3 is 15.3 Å². The summed E-state index contributed by atoms with van der Waals surface area (Å²) in [5.74, 6) is -0.722. The predicted octanol–water partition coefficient (Wildman–Crippen LogP) is 0.945. The van der Waals surface area contributed by atoms with E-state index < -0.39 is 5.97 Å². The van der Waals surface area contributed by atoms with Crippen molar-refractivity contribution in [1.82, 2.24) is 10.2 Å². The molecule has 5 heteroatoms. The number of likely N-dealkylation sites (N-methyl/N-ethyl adjacent to an activating group) is 1. The van der Waals surface area contributed by atoms with Gasteiger partial charge in [-0.25, -0.2) is 0 Å². The van der Waals surface area contributed by atoms with E-state index in [0.717, 1.165) is 25.7 Å². The molecule has 104 valence electrons. The Kier molecular flexibility index (Phi) is 6.12. The molecule has 1 saturated carbocycles. The fourth-order valence-corrected chi connectivity index (χ4v) is 2.45. The van der Waals surface area contributed by atoms with Crippen molar-refractivity contribution in [2.24, 2.45) is 11.8 Å². The zero-order valence-corrected chi connectivity index (χ0v) is 11.3. The summed E-state index contributed by atoms with van der Waals surface area (Å²) in [5, 5.41) is 12.2. The molecule has 0 bridgehead atoms. The second kappa shape index (κ2) is 7.36. The lowest BCUT2D eigenvalue weighted by molar-refractivity contribution is -0.144. The molecule has 0 aromatic carbocycles. The number of hydrogen-bond acceptors (Lipinski definition) is 3. The topological polar surface area (TPSA) is 69.6 Å². The standard InChI is InChI=1S/C13H24N2O3/c1-3-15(2)12(16)9-14-8-10-6-4-5-7-11(10)13(17)18/h10-11,14H,3-9H2,1-2H3,(H,17,18). The summed E-state index contributed by atoms with van der Waals surface area (Å²) in [6, 6.07) is 0. The maximum Gasteiger partial charge on any atom is 0.306 e. The zero-order valence-electron chi connectivity index (χ0n) is 11.3. The van der Waals surface area contributed by atoms with Crippen LogP contribution in [0.4, 0.5) is 0 Å². The lowest BCUT2D eigenvalue weighted by atomic mass is 9.79. The number of rotatable bonds is 6. The Labute approximate surface area is 109 Å². The van der Waals surface area contributed by atoms with E-state index in [0.29, 0.717) is 19.6 Å². The molecule has 18 heavy (non-hydrogen) atoms. The van der Waals surface area contributed by atoms with Gasteiger partial charge in [-0.05, 0) is 32.2 Å². The summed E-state index contributed by atoms with van der Waals surface area (Å²) < 4.78 is 0. The molecule has 2 unspecified atom stereocenters. The molecule has 0 radical (unpaired) electrons. The predicted molar refractivity (Wildman–Crippen MR) is 69.3 cm³/mol. The minimum atomic E-state index is -0.696. The summed E-state index contributed by atoms with van der Waals surface area (Å²) in [5.41, 5.74) is 0. The molecular formula is C13H24N2O3. The van der Waals surface area contributed by atoms with Crippen molar-refractivity contribution in [2.45, 2.75) is 32.6 Å². The van der Waals surface area contributed by atoms with Crippen LogP contribution in [-0.4, -0.2) is 48.6 Å². The van der Waals surface area contributed by atoms with Gasteiger partial charge in [0.15, 0.2) is 0 Å². The molecule has 1 aliphatic rings. The molecule has 0 heterocycles. The second-order valence-corrected chi connectivity index (χ2v) is 5.03. The van der Waals surface area contributed by atoms with E-state index in [4.69, 9.17) is 5.11 Å². The van der Waals surface area contributed by atoms with Crippen LogP contribution in [0.3, 0.4) is 0 Å². The van der Waals surface area contributed by atoms with Crippen LogP contribution < -0.4 is 5.32 Å². The van der Waals surface area contributed by atoms with E-state index in [9.17, 15) is 9.59 Å². The number of carbonyl (C=O) groups is 2. The normalized spacial score (nSPS) is 23.7. The Morgan fingerprint density at radius 2 is 2.00 bits per heavy atom. The van der Waals surface area contributed by atoms with Crippen molar-refractivity contribution in [3.8, 4) is 0 Å². The van der Waals surface area contributed by atoms with Crippen LogP contribution in [0.2, 0.25) is 0 Å². The van der Waals surface area contributed by atoms with E-state index in [-0.39, 0.29) is 17.7 Å². The average Bonchev–Trinajstić information content (AvgIpc) is 2.38. The highest BCUT2D eigenvalue weighted by Gasteiger charge is 2.30. The van der Waals surface area contributed by atoms with Crippen LogP contribution in [0.15, 0.2) is 0 Å². The van der Waals surface area contributed by atoms with Gasteiger partial charge in [0, 0.05) is 13.6 Å². The number of carbonyl (C=O) groups excluding carboxylic acids is 1. The van der Waals surface area contributed by atoms with E-state index in [1.807, 2.05) is 6.92 Å². The lowest BCUT2D eigenvalue weighted by Crippen LogP contribution is -2.40. The number of carboxylic acids is 1. The number of carboxylic acid groups (broad SMARTS) is 1.